The second-order valence-electron chi connectivity index (χ2n) is 5.17. The van der Waals surface area contributed by atoms with Crippen molar-refractivity contribution >= 4 is 0 Å². The summed E-state index contributed by atoms with van der Waals surface area (Å²) in [5.41, 5.74) is 0.300. The van der Waals surface area contributed by atoms with Gasteiger partial charge in [0.15, 0.2) is 0 Å². The Bertz CT molecular complexity index is 146. The quantitative estimate of drug-likeness (QED) is 0.724. The molecule has 0 aliphatic carbocycles. The molecule has 84 valence electrons. The van der Waals surface area contributed by atoms with Crippen molar-refractivity contribution in [3.05, 3.63) is 0 Å². The summed E-state index contributed by atoms with van der Waals surface area (Å²) in [7, 11) is 2.06. The molecule has 2 heteroatoms. The Balaban J connectivity index is 2.22. The van der Waals surface area contributed by atoms with Crippen LogP contribution in [0.5, 0.6) is 0 Å². The van der Waals surface area contributed by atoms with Crippen LogP contribution < -0.4 is 10.6 Å². The highest BCUT2D eigenvalue weighted by atomic mass is 14.9. The van der Waals surface area contributed by atoms with Crippen molar-refractivity contribution in [3.8, 4) is 0 Å². The fraction of sp³-hybridized carbons (Fsp3) is 1.00. The first-order chi connectivity index (χ1) is 6.64. The molecule has 0 radical (unpaired) electrons. The minimum Gasteiger partial charge on any atom is -0.315 e. The zero-order valence-corrected chi connectivity index (χ0v) is 10.0. The topological polar surface area (TPSA) is 24.1 Å². The lowest BCUT2D eigenvalue weighted by molar-refractivity contribution is 0.344. The SMILES string of the molecule is CNC(C)(C)CCC1CCCCCN1. The van der Waals surface area contributed by atoms with Gasteiger partial charge in [-0.25, -0.2) is 0 Å². The number of hydrogen-bond acceptors (Lipinski definition) is 2. The summed E-state index contributed by atoms with van der Waals surface area (Å²) in [4.78, 5) is 0. The fourth-order valence-corrected chi connectivity index (χ4v) is 2.01. The van der Waals surface area contributed by atoms with E-state index in [-0.39, 0.29) is 0 Å². The van der Waals surface area contributed by atoms with Crippen LogP contribution in [0.4, 0.5) is 0 Å². The molecule has 1 aliphatic heterocycles. The van der Waals surface area contributed by atoms with Gasteiger partial charge in [-0.1, -0.05) is 12.8 Å². The van der Waals surface area contributed by atoms with Crippen LogP contribution in [0.25, 0.3) is 0 Å². The highest BCUT2D eigenvalue weighted by Gasteiger charge is 2.18. The second kappa shape index (κ2) is 5.72. The summed E-state index contributed by atoms with van der Waals surface area (Å²) >= 11 is 0. The van der Waals surface area contributed by atoms with Gasteiger partial charge in [-0.2, -0.15) is 0 Å². The van der Waals surface area contributed by atoms with Gasteiger partial charge in [-0.3, -0.25) is 0 Å². The monoisotopic (exact) mass is 198 g/mol. The smallest absolute Gasteiger partial charge is 0.0122 e. The van der Waals surface area contributed by atoms with E-state index in [1.54, 1.807) is 0 Å². The molecule has 1 unspecified atom stereocenters. The number of hydrogen-bond donors (Lipinski definition) is 2. The maximum atomic E-state index is 3.65. The minimum atomic E-state index is 0.300. The molecule has 2 nitrogen and oxygen atoms in total. The molecule has 0 saturated carbocycles. The maximum absolute atomic E-state index is 3.65. The van der Waals surface area contributed by atoms with E-state index >= 15 is 0 Å². The predicted octanol–water partition coefficient (Wildman–Crippen LogP) is 2.30. The van der Waals surface area contributed by atoms with Gasteiger partial charge in [0.2, 0.25) is 0 Å². The van der Waals surface area contributed by atoms with Crippen LogP contribution in [0.3, 0.4) is 0 Å². The molecule has 1 rings (SSSR count). The van der Waals surface area contributed by atoms with Gasteiger partial charge < -0.3 is 10.6 Å². The molecule has 0 aromatic rings. The summed E-state index contributed by atoms with van der Waals surface area (Å²) in [5.74, 6) is 0. The van der Waals surface area contributed by atoms with E-state index in [2.05, 4.69) is 31.5 Å². The van der Waals surface area contributed by atoms with Crippen LogP contribution in [0.2, 0.25) is 0 Å². The van der Waals surface area contributed by atoms with Gasteiger partial charge in [0.05, 0.1) is 0 Å². The summed E-state index contributed by atoms with van der Waals surface area (Å²) in [6.45, 7) is 5.79. The first-order valence-corrected chi connectivity index (χ1v) is 6.06. The van der Waals surface area contributed by atoms with Gasteiger partial charge >= 0.3 is 0 Å². The van der Waals surface area contributed by atoms with E-state index < -0.39 is 0 Å². The second-order valence-corrected chi connectivity index (χ2v) is 5.17. The molecule has 0 bridgehead atoms. The van der Waals surface area contributed by atoms with Crippen molar-refractivity contribution in [1.82, 2.24) is 10.6 Å². The third-order valence-corrected chi connectivity index (χ3v) is 3.46. The highest BCUT2D eigenvalue weighted by Crippen LogP contribution is 2.17. The Hall–Kier alpha value is -0.0800. The van der Waals surface area contributed by atoms with E-state index in [9.17, 15) is 0 Å². The molecule has 0 spiro atoms. The largest absolute Gasteiger partial charge is 0.315 e. The Morgan fingerprint density at radius 2 is 2.07 bits per heavy atom. The molecule has 1 aliphatic rings. The Morgan fingerprint density at radius 3 is 2.79 bits per heavy atom. The van der Waals surface area contributed by atoms with Crippen LogP contribution in [-0.4, -0.2) is 25.2 Å². The zero-order chi connectivity index (χ0) is 10.4. The van der Waals surface area contributed by atoms with Crippen molar-refractivity contribution in [2.24, 2.45) is 0 Å². The maximum Gasteiger partial charge on any atom is 0.0122 e. The summed E-state index contributed by atoms with van der Waals surface area (Å²) in [6, 6.07) is 0.769. The van der Waals surface area contributed by atoms with E-state index in [1.807, 2.05) is 0 Å². The third-order valence-electron chi connectivity index (χ3n) is 3.46. The van der Waals surface area contributed by atoms with Gasteiger partial charge in [0.1, 0.15) is 0 Å². The molecule has 1 heterocycles. The molecule has 1 atom stereocenters. The van der Waals surface area contributed by atoms with Crippen molar-refractivity contribution in [2.45, 2.75) is 64.0 Å². The lowest BCUT2D eigenvalue weighted by atomic mass is 9.94. The van der Waals surface area contributed by atoms with Crippen LogP contribution in [0, 0.1) is 0 Å². The normalized spacial score (nSPS) is 24.6. The zero-order valence-electron chi connectivity index (χ0n) is 10.0. The molecule has 1 saturated heterocycles. The van der Waals surface area contributed by atoms with Crippen molar-refractivity contribution in [2.75, 3.05) is 13.6 Å². The predicted molar refractivity (Wildman–Crippen MR) is 62.6 cm³/mol. The molecule has 0 aromatic carbocycles. The van der Waals surface area contributed by atoms with Gasteiger partial charge in [0, 0.05) is 11.6 Å². The average molecular weight is 198 g/mol. The van der Waals surface area contributed by atoms with Gasteiger partial charge in [-0.05, 0) is 53.1 Å². The highest BCUT2D eigenvalue weighted by molar-refractivity contribution is 4.79. The number of rotatable bonds is 4. The molecule has 1 fully saturated rings. The molecule has 14 heavy (non-hydrogen) atoms. The van der Waals surface area contributed by atoms with E-state index in [1.165, 1.54) is 45.1 Å². The lowest BCUT2D eigenvalue weighted by Crippen LogP contribution is -2.38. The van der Waals surface area contributed by atoms with Crippen LogP contribution in [0.15, 0.2) is 0 Å². The summed E-state index contributed by atoms with van der Waals surface area (Å²) < 4.78 is 0. The van der Waals surface area contributed by atoms with Crippen LogP contribution in [0.1, 0.15) is 52.4 Å². The Labute approximate surface area is 88.8 Å². The molecule has 0 amide bonds. The van der Waals surface area contributed by atoms with Crippen molar-refractivity contribution < 1.29 is 0 Å². The minimum absolute atomic E-state index is 0.300. The molecular formula is C12H26N2. The van der Waals surface area contributed by atoms with E-state index in [0.29, 0.717) is 5.54 Å². The standard InChI is InChI=1S/C12H26N2/c1-12(2,13-3)9-8-11-7-5-4-6-10-14-11/h11,13-14H,4-10H2,1-3H3. The lowest BCUT2D eigenvalue weighted by Gasteiger charge is -2.26. The Morgan fingerprint density at radius 1 is 1.29 bits per heavy atom. The Kier molecular flexibility index (Phi) is 4.90. The third kappa shape index (κ3) is 4.43. The van der Waals surface area contributed by atoms with Crippen molar-refractivity contribution in [3.63, 3.8) is 0 Å². The van der Waals surface area contributed by atoms with E-state index in [4.69, 9.17) is 0 Å². The summed E-state index contributed by atoms with van der Waals surface area (Å²) in [5, 5.41) is 7.02. The number of nitrogens with one attached hydrogen (secondary N) is 2. The molecular weight excluding hydrogens is 172 g/mol. The first kappa shape index (κ1) is 12.0. The van der Waals surface area contributed by atoms with E-state index in [0.717, 1.165) is 6.04 Å². The molecule has 2 N–H and O–H groups in total. The van der Waals surface area contributed by atoms with Crippen molar-refractivity contribution in [1.29, 1.82) is 0 Å². The molecule has 0 aromatic heterocycles. The fourth-order valence-electron chi connectivity index (χ4n) is 2.01. The van der Waals surface area contributed by atoms with Gasteiger partial charge in [0.25, 0.3) is 0 Å². The van der Waals surface area contributed by atoms with Crippen LogP contribution >= 0.6 is 0 Å². The van der Waals surface area contributed by atoms with Gasteiger partial charge in [-0.15, -0.1) is 0 Å². The summed E-state index contributed by atoms with van der Waals surface area (Å²) in [6.07, 6.45) is 8.15. The first-order valence-electron chi connectivity index (χ1n) is 6.06. The average Bonchev–Trinajstić information content (AvgIpc) is 2.43. The van der Waals surface area contributed by atoms with Crippen LogP contribution in [-0.2, 0) is 0 Å².